The summed E-state index contributed by atoms with van der Waals surface area (Å²) < 4.78 is 5.41. The van der Waals surface area contributed by atoms with Gasteiger partial charge < -0.3 is 15.0 Å². The average molecular weight is 342 g/mol. The number of aromatic nitrogens is 2. The molecule has 3 rings (SSSR count). The normalized spacial score (nSPS) is 16.4. The number of pyridine rings is 2. The van der Waals surface area contributed by atoms with Crippen molar-refractivity contribution in [1.82, 2.24) is 14.9 Å². The van der Waals surface area contributed by atoms with Crippen LogP contribution in [0, 0.1) is 13.8 Å². The molecule has 0 bridgehead atoms. The largest absolute Gasteiger partial charge is 0.379 e. The summed E-state index contributed by atoms with van der Waals surface area (Å²) in [7, 11) is 0. The van der Waals surface area contributed by atoms with Crippen molar-refractivity contribution in [2.45, 2.75) is 19.9 Å². The van der Waals surface area contributed by atoms with Crippen molar-refractivity contribution >= 4 is 11.6 Å². The number of amides is 1. The Bertz CT molecular complexity index is 771. The first-order chi connectivity index (χ1) is 12.1. The van der Waals surface area contributed by atoms with E-state index < -0.39 is 6.04 Å². The molecule has 2 N–H and O–H groups in total. The summed E-state index contributed by atoms with van der Waals surface area (Å²) in [4.78, 5) is 33.6. The first-order valence-corrected chi connectivity index (χ1v) is 8.29. The van der Waals surface area contributed by atoms with E-state index in [-0.39, 0.29) is 11.5 Å². The number of carbonyl (C=O) groups is 1. The number of aryl methyl sites for hydroxylation is 2. The van der Waals surface area contributed by atoms with Crippen molar-refractivity contribution in [3.05, 3.63) is 57.8 Å². The molecule has 1 amide bonds. The molecule has 0 radical (unpaired) electrons. The maximum Gasteiger partial charge on any atom is 0.248 e. The van der Waals surface area contributed by atoms with Crippen molar-refractivity contribution in [3.8, 4) is 0 Å². The Morgan fingerprint density at radius 2 is 2.12 bits per heavy atom. The van der Waals surface area contributed by atoms with E-state index in [0.29, 0.717) is 37.7 Å². The lowest BCUT2D eigenvalue weighted by Gasteiger charge is -2.33. The fraction of sp³-hybridized carbons (Fsp3) is 0.389. The number of H-pyrrole nitrogens is 1. The van der Waals surface area contributed by atoms with E-state index in [4.69, 9.17) is 4.74 Å². The van der Waals surface area contributed by atoms with E-state index in [9.17, 15) is 9.59 Å². The first-order valence-electron chi connectivity index (χ1n) is 8.29. The summed E-state index contributed by atoms with van der Waals surface area (Å²) in [6.45, 7) is 6.14. The molecule has 2 aromatic rings. The van der Waals surface area contributed by atoms with Crippen LogP contribution in [0.4, 0.5) is 5.69 Å². The number of nitrogens with zero attached hydrogens (tertiary/aromatic N) is 2. The van der Waals surface area contributed by atoms with Crippen molar-refractivity contribution in [3.63, 3.8) is 0 Å². The summed E-state index contributed by atoms with van der Waals surface area (Å²) in [5.41, 5.74) is 2.69. The fourth-order valence-corrected chi connectivity index (χ4v) is 3.13. The van der Waals surface area contributed by atoms with Gasteiger partial charge in [0.25, 0.3) is 0 Å². The molecular formula is C18H22N4O3. The molecule has 1 fully saturated rings. The van der Waals surface area contributed by atoms with Crippen LogP contribution in [-0.2, 0) is 9.53 Å². The van der Waals surface area contributed by atoms with Crippen LogP contribution < -0.4 is 10.9 Å². The van der Waals surface area contributed by atoms with Gasteiger partial charge in [0.15, 0.2) is 0 Å². The van der Waals surface area contributed by atoms with Crippen molar-refractivity contribution in [1.29, 1.82) is 0 Å². The highest BCUT2D eigenvalue weighted by Gasteiger charge is 2.29. The second-order valence-corrected chi connectivity index (χ2v) is 6.14. The number of rotatable bonds is 4. The van der Waals surface area contributed by atoms with Crippen LogP contribution in [0.3, 0.4) is 0 Å². The highest BCUT2D eigenvalue weighted by atomic mass is 16.5. The third-order valence-corrected chi connectivity index (χ3v) is 4.34. The number of hydrogen-bond donors (Lipinski definition) is 2. The highest BCUT2D eigenvalue weighted by molar-refractivity contribution is 5.96. The van der Waals surface area contributed by atoms with Gasteiger partial charge in [-0.25, -0.2) is 0 Å². The van der Waals surface area contributed by atoms with Gasteiger partial charge in [0.05, 0.1) is 18.9 Å². The van der Waals surface area contributed by atoms with Crippen LogP contribution in [0.2, 0.25) is 0 Å². The van der Waals surface area contributed by atoms with Crippen LogP contribution in [-0.4, -0.2) is 47.1 Å². The summed E-state index contributed by atoms with van der Waals surface area (Å²) >= 11 is 0. The van der Waals surface area contributed by atoms with Gasteiger partial charge in [-0.15, -0.1) is 0 Å². The zero-order valence-electron chi connectivity index (χ0n) is 14.4. The van der Waals surface area contributed by atoms with Gasteiger partial charge in [-0.05, 0) is 31.0 Å². The van der Waals surface area contributed by atoms with E-state index in [1.54, 1.807) is 19.3 Å². The van der Waals surface area contributed by atoms with Gasteiger partial charge >= 0.3 is 0 Å². The van der Waals surface area contributed by atoms with Gasteiger partial charge in [-0.3, -0.25) is 19.5 Å². The number of carbonyl (C=O) groups excluding carboxylic acids is 1. The number of anilines is 1. The lowest BCUT2D eigenvalue weighted by molar-refractivity contribution is -0.123. The Balaban J connectivity index is 1.91. The molecule has 0 saturated carbocycles. The predicted molar refractivity (Wildman–Crippen MR) is 94.5 cm³/mol. The highest BCUT2D eigenvalue weighted by Crippen LogP contribution is 2.25. The monoisotopic (exact) mass is 342 g/mol. The molecule has 25 heavy (non-hydrogen) atoms. The number of hydrogen-bond acceptors (Lipinski definition) is 5. The third-order valence-electron chi connectivity index (χ3n) is 4.34. The van der Waals surface area contributed by atoms with Gasteiger partial charge in [0, 0.05) is 37.2 Å². The lowest BCUT2D eigenvalue weighted by atomic mass is 10.1. The minimum absolute atomic E-state index is 0.145. The second kappa shape index (κ2) is 7.58. The van der Waals surface area contributed by atoms with E-state index >= 15 is 0 Å². The number of morpholine rings is 1. The molecule has 7 heteroatoms. The number of nitrogens with one attached hydrogen (secondary N) is 2. The van der Waals surface area contributed by atoms with Crippen LogP contribution in [0.15, 0.2) is 35.4 Å². The molecule has 0 spiro atoms. The summed E-state index contributed by atoms with van der Waals surface area (Å²) in [6, 6.07) is 4.76. The van der Waals surface area contributed by atoms with Gasteiger partial charge in [-0.2, -0.15) is 0 Å². The molecule has 132 valence electrons. The van der Waals surface area contributed by atoms with Crippen LogP contribution in [0.1, 0.15) is 22.9 Å². The smallest absolute Gasteiger partial charge is 0.248 e. The first kappa shape index (κ1) is 17.3. The number of aromatic amines is 1. The van der Waals surface area contributed by atoms with Crippen molar-refractivity contribution < 1.29 is 9.53 Å². The maximum absolute atomic E-state index is 13.1. The molecule has 1 atom stereocenters. The zero-order valence-corrected chi connectivity index (χ0v) is 14.4. The SMILES string of the molecule is Cc1cc(=O)[nH]c(C)c1NC(=O)C(c1cccnc1)N1CCOCC1. The van der Waals surface area contributed by atoms with E-state index in [1.807, 2.05) is 19.1 Å². The van der Waals surface area contributed by atoms with Crippen LogP contribution in [0.25, 0.3) is 0 Å². The Morgan fingerprint density at radius 3 is 2.76 bits per heavy atom. The van der Waals surface area contributed by atoms with Gasteiger partial charge in [0.1, 0.15) is 6.04 Å². The Morgan fingerprint density at radius 1 is 1.36 bits per heavy atom. The summed E-state index contributed by atoms with van der Waals surface area (Å²) in [5, 5.41) is 2.98. The standard InChI is InChI=1S/C18H22N4O3/c1-12-10-15(23)20-13(2)16(12)21-18(24)17(14-4-3-5-19-11-14)22-6-8-25-9-7-22/h3-5,10-11,17H,6-9H2,1-2H3,(H,20,23)(H,21,24). The molecule has 1 saturated heterocycles. The second-order valence-electron chi connectivity index (χ2n) is 6.14. The van der Waals surface area contributed by atoms with Crippen LogP contribution in [0.5, 0.6) is 0 Å². The number of ether oxygens (including phenoxy) is 1. The van der Waals surface area contributed by atoms with E-state index in [2.05, 4.69) is 20.2 Å². The van der Waals surface area contributed by atoms with Crippen LogP contribution >= 0.6 is 0 Å². The molecule has 1 aliphatic heterocycles. The molecular weight excluding hydrogens is 320 g/mol. The summed E-state index contributed by atoms with van der Waals surface area (Å²) in [6.07, 6.45) is 3.40. The minimum Gasteiger partial charge on any atom is -0.379 e. The van der Waals surface area contributed by atoms with Gasteiger partial charge in [0.2, 0.25) is 11.5 Å². The molecule has 2 aromatic heterocycles. The Kier molecular flexibility index (Phi) is 5.25. The molecule has 1 unspecified atom stereocenters. The van der Waals surface area contributed by atoms with E-state index in [1.165, 1.54) is 6.07 Å². The topological polar surface area (TPSA) is 87.3 Å². The van der Waals surface area contributed by atoms with Crippen molar-refractivity contribution in [2.24, 2.45) is 0 Å². The maximum atomic E-state index is 13.1. The Hall–Kier alpha value is -2.51. The molecule has 3 heterocycles. The molecule has 0 aromatic carbocycles. The van der Waals surface area contributed by atoms with Gasteiger partial charge in [-0.1, -0.05) is 6.07 Å². The van der Waals surface area contributed by atoms with Crippen molar-refractivity contribution in [2.75, 3.05) is 31.6 Å². The predicted octanol–water partition coefficient (Wildman–Crippen LogP) is 1.40. The quantitative estimate of drug-likeness (QED) is 0.877. The van der Waals surface area contributed by atoms with E-state index in [0.717, 1.165) is 11.1 Å². The Labute approximate surface area is 146 Å². The third kappa shape index (κ3) is 3.94. The molecule has 1 aliphatic rings. The lowest BCUT2D eigenvalue weighted by Crippen LogP contribution is -2.44. The minimum atomic E-state index is -0.455. The zero-order chi connectivity index (χ0) is 17.8. The molecule has 7 nitrogen and oxygen atoms in total. The summed E-state index contributed by atoms with van der Waals surface area (Å²) in [5.74, 6) is -0.145. The average Bonchev–Trinajstić information content (AvgIpc) is 2.60. The molecule has 0 aliphatic carbocycles. The fourth-order valence-electron chi connectivity index (χ4n) is 3.13.